The van der Waals surface area contributed by atoms with E-state index in [9.17, 15) is 0 Å². The van der Waals surface area contributed by atoms with E-state index in [2.05, 4.69) is 22.0 Å². The van der Waals surface area contributed by atoms with Crippen LogP contribution in [0.4, 0.5) is 0 Å². The van der Waals surface area contributed by atoms with Crippen molar-refractivity contribution in [2.75, 3.05) is 7.11 Å². The highest BCUT2D eigenvalue weighted by Crippen LogP contribution is 2.29. The van der Waals surface area contributed by atoms with Crippen molar-refractivity contribution in [2.45, 2.75) is 0 Å². The molecule has 0 aliphatic rings. The quantitative estimate of drug-likeness (QED) is 0.854. The van der Waals surface area contributed by atoms with Gasteiger partial charge in [-0.2, -0.15) is 10.5 Å². The number of hydrogen-bond donors (Lipinski definition) is 0. The van der Waals surface area contributed by atoms with Crippen LogP contribution in [0.25, 0.3) is 0 Å². The normalized spacial score (nSPS) is 9.40. The highest BCUT2D eigenvalue weighted by Gasteiger charge is 2.06. The fourth-order valence-electron chi connectivity index (χ4n) is 1.60. The summed E-state index contributed by atoms with van der Waals surface area (Å²) in [7, 11) is 1.53. The largest absolute Gasteiger partial charge is 0.497 e. The fraction of sp³-hybridized carbons (Fsp3) is 0.0667. The third kappa shape index (κ3) is 3.09. The van der Waals surface area contributed by atoms with E-state index in [0.29, 0.717) is 32.8 Å². The highest BCUT2D eigenvalue weighted by molar-refractivity contribution is 9.10. The highest BCUT2D eigenvalue weighted by atomic mass is 79.9. The maximum Gasteiger partial charge on any atom is 0.132 e. The molecular formula is C15H9BrN2O2. The smallest absolute Gasteiger partial charge is 0.132 e. The number of nitriles is 2. The summed E-state index contributed by atoms with van der Waals surface area (Å²) in [5.41, 5.74) is 0.979. The summed E-state index contributed by atoms with van der Waals surface area (Å²) in [6.45, 7) is 0. The molecule has 0 radical (unpaired) electrons. The average molecular weight is 329 g/mol. The van der Waals surface area contributed by atoms with E-state index in [1.165, 1.54) is 7.11 Å². The molecule has 0 N–H and O–H groups in total. The molecule has 0 saturated carbocycles. The molecule has 2 rings (SSSR count). The lowest BCUT2D eigenvalue weighted by molar-refractivity contribution is 0.409. The molecule has 0 atom stereocenters. The minimum atomic E-state index is 0.451. The van der Waals surface area contributed by atoms with Crippen molar-refractivity contribution in [2.24, 2.45) is 0 Å². The topological polar surface area (TPSA) is 66.0 Å². The van der Waals surface area contributed by atoms with E-state index in [4.69, 9.17) is 20.0 Å². The number of nitrogens with zero attached hydrogens (tertiary/aromatic N) is 2. The van der Waals surface area contributed by atoms with Crippen LogP contribution in [-0.2, 0) is 0 Å². The van der Waals surface area contributed by atoms with Crippen LogP contribution in [0.3, 0.4) is 0 Å². The maximum atomic E-state index is 8.96. The van der Waals surface area contributed by atoms with Gasteiger partial charge in [0.05, 0.1) is 24.3 Å². The maximum absolute atomic E-state index is 8.96. The lowest BCUT2D eigenvalue weighted by Gasteiger charge is -2.09. The van der Waals surface area contributed by atoms with E-state index in [-0.39, 0.29) is 0 Å². The van der Waals surface area contributed by atoms with Crippen LogP contribution in [0.15, 0.2) is 40.9 Å². The van der Waals surface area contributed by atoms with Gasteiger partial charge >= 0.3 is 0 Å². The van der Waals surface area contributed by atoms with Crippen LogP contribution in [-0.4, -0.2) is 7.11 Å². The van der Waals surface area contributed by atoms with Crippen molar-refractivity contribution in [1.29, 1.82) is 10.5 Å². The zero-order valence-corrected chi connectivity index (χ0v) is 12.1. The second-order valence-electron chi connectivity index (χ2n) is 3.86. The second-order valence-corrected chi connectivity index (χ2v) is 4.72. The molecule has 2 aromatic rings. The lowest BCUT2D eigenvalue weighted by atomic mass is 10.2. The van der Waals surface area contributed by atoms with E-state index in [1.54, 1.807) is 36.4 Å². The van der Waals surface area contributed by atoms with Gasteiger partial charge < -0.3 is 9.47 Å². The summed E-state index contributed by atoms with van der Waals surface area (Å²) < 4.78 is 11.4. The van der Waals surface area contributed by atoms with Crippen molar-refractivity contribution in [3.63, 3.8) is 0 Å². The Morgan fingerprint density at radius 1 is 0.950 bits per heavy atom. The van der Waals surface area contributed by atoms with Crippen LogP contribution in [0.1, 0.15) is 11.1 Å². The fourth-order valence-corrected chi connectivity index (χ4v) is 2.05. The molecule has 5 heteroatoms. The SMILES string of the molecule is COc1cc(C#N)cc(Oc2ccc(C#N)c(Br)c2)c1. The minimum Gasteiger partial charge on any atom is -0.497 e. The van der Waals surface area contributed by atoms with Crippen LogP contribution in [0, 0.1) is 22.7 Å². The predicted octanol–water partition coefficient (Wildman–Crippen LogP) is 3.99. The molecule has 98 valence electrons. The Morgan fingerprint density at radius 3 is 2.30 bits per heavy atom. The molecule has 0 bridgehead atoms. The van der Waals surface area contributed by atoms with Crippen LogP contribution >= 0.6 is 15.9 Å². The third-order valence-electron chi connectivity index (χ3n) is 2.54. The number of benzene rings is 2. The van der Waals surface area contributed by atoms with Gasteiger partial charge in [0.15, 0.2) is 0 Å². The minimum absolute atomic E-state index is 0.451. The van der Waals surface area contributed by atoms with Gasteiger partial charge in [0, 0.05) is 10.5 Å². The average Bonchev–Trinajstić information content (AvgIpc) is 2.47. The Hall–Kier alpha value is -2.50. The van der Waals surface area contributed by atoms with Gasteiger partial charge in [-0.1, -0.05) is 0 Å². The van der Waals surface area contributed by atoms with Crippen molar-refractivity contribution < 1.29 is 9.47 Å². The number of halogens is 1. The number of rotatable bonds is 3. The first-order valence-electron chi connectivity index (χ1n) is 5.63. The van der Waals surface area contributed by atoms with Gasteiger partial charge in [-0.25, -0.2) is 0 Å². The zero-order valence-electron chi connectivity index (χ0n) is 10.6. The molecule has 0 heterocycles. The first-order valence-corrected chi connectivity index (χ1v) is 6.42. The molecule has 0 aliphatic carbocycles. The molecule has 0 spiro atoms. The summed E-state index contributed by atoms with van der Waals surface area (Å²) in [5.74, 6) is 1.61. The Bertz CT molecular complexity index is 730. The molecule has 20 heavy (non-hydrogen) atoms. The summed E-state index contributed by atoms with van der Waals surface area (Å²) in [5, 5.41) is 17.8. The van der Waals surface area contributed by atoms with Crippen molar-refractivity contribution in [3.8, 4) is 29.4 Å². The molecule has 0 fully saturated rings. The van der Waals surface area contributed by atoms with E-state index in [0.717, 1.165) is 0 Å². The molecule has 0 unspecified atom stereocenters. The van der Waals surface area contributed by atoms with Crippen molar-refractivity contribution in [3.05, 3.63) is 52.0 Å². The molecule has 0 aliphatic heterocycles. The van der Waals surface area contributed by atoms with Gasteiger partial charge in [0.25, 0.3) is 0 Å². The first-order chi connectivity index (χ1) is 9.66. The van der Waals surface area contributed by atoms with Gasteiger partial charge in [0.2, 0.25) is 0 Å². The standard InChI is InChI=1S/C15H9BrN2O2/c1-19-13-4-10(8-17)5-14(6-13)20-12-3-2-11(9-18)15(16)7-12/h2-7H,1H3. The summed E-state index contributed by atoms with van der Waals surface area (Å²) in [4.78, 5) is 0. The van der Waals surface area contributed by atoms with E-state index < -0.39 is 0 Å². The number of ether oxygens (including phenoxy) is 2. The number of hydrogen-bond acceptors (Lipinski definition) is 4. The Kier molecular flexibility index (Phi) is 4.24. The van der Waals surface area contributed by atoms with E-state index in [1.807, 2.05) is 6.07 Å². The summed E-state index contributed by atoms with van der Waals surface area (Å²) in [6, 6.07) is 14.1. The molecule has 2 aromatic carbocycles. The van der Waals surface area contributed by atoms with Gasteiger partial charge in [-0.3, -0.25) is 0 Å². The Balaban J connectivity index is 2.33. The number of methoxy groups -OCH3 is 1. The van der Waals surface area contributed by atoms with Crippen LogP contribution in [0.5, 0.6) is 17.2 Å². The van der Waals surface area contributed by atoms with Gasteiger partial charge in [0.1, 0.15) is 23.3 Å². The lowest BCUT2D eigenvalue weighted by Crippen LogP contribution is -1.89. The first kappa shape index (κ1) is 13.9. The molecular weight excluding hydrogens is 320 g/mol. The molecule has 4 nitrogen and oxygen atoms in total. The third-order valence-corrected chi connectivity index (χ3v) is 3.20. The van der Waals surface area contributed by atoms with E-state index >= 15 is 0 Å². The molecule has 0 saturated heterocycles. The van der Waals surface area contributed by atoms with Crippen LogP contribution in [0.2, 0.25) is 0 Å². The zero-order chi connectivity index (χ0) is 14.5. The Morgan fingerprint density at radius 2 is 1.70 bits per heavy atom. The second kappa shape index (κ2) is 6.10. The Labute approximate surface area is 124 Å². The van der Waals surface area contributed by atoms with Crippen molar-refractivity contribution in [1.82, 2.24) is 0 Å². The predicted molar refractivity (Wildman–Crippen MR) is 76.6 cm³/mol. The molecule has 0 aromatic heterocycles. The van der Waals surface area contributed by atoms with Crippen LogP contribution < -0.4 is 9.47 Å². The van der Waals surface area contributed by atoms with Crippen molar-refractivity contribution >= 4 is 15.9 Å². The molecule has 0 amide bonds. The van der Waals surface area contributed by atoms with Gasteiger partial charge in [-0.05, 0) is 46.3 Å². The summed E-state index contributed by atoms with van der Waals surface area (Å²) in [6.07, 6.45) is 0. The summed E-state index contributed by atoms with van der Waals surface area (Å²) >= 11 is 3.30. The monoisotopic (exact) mass is 328 g/mol. The van der Waals surface area contributed by atoms with Gasteiger partial charge in [-0.15, -0.1) is 0 Å².